The fraction of sp³-hybridized carbons (Fsp3) is 0.452. The van der Waals surface area contributed by atoms with Crippen molar-refractivity contribution >= 4 is 16.7 Å². The van der Waals surface area contributed by atoms with Crippen LogP contribution >= 0.6 is 0 Å². The number of pyridine rings is 2. The van der Waals surface area contributed by atoms with Crippen molar-refractivity contribution in [2.24, 2.45) is 23.7 Å². The van der Waals surface area contributed by atoms with Crippen LogP contribution < -0.4 is 0 Å². The van der Waals surface area contributed by atoms with Crippen LogP contribution in [0.1, 0.15) is 69.2 Å². The van der Waals surface area contributed by atoms with Gasteiger partial charge in [-0.3, -0.25) is 14.8 Å². The summed E-state index contributed by atoms with van der Waals surface area (Å²) in [4.78, 5) is 21.9. The largest absolute Gasteiger partial charge is 0.378 e. The van der Waals surface area contributed by atoms with Gasteiger partial charge in [-0.15, -0.1) is 0 Å². The molecule has 3 aromatic rings. The molecule has 2 aliphatic rings. The standard InChI is InChI=1S/C31H33FN2O2/c1-19(30(35)17-26-6-4-20(18-34-26)8-10-31(2,3)36)21-12-22-14-24(15-23(22)13-21)27-9-11-33-29-7-5-25(32)16-28(27)29/h4-7,9,11,16,18-19,21-24,36H,12-15,17H2,1-3H3/t19?,21?,22-,23+,24?. The van der Waals surface area contributed by atoms with E-state index in [1.165, 1.54) is 11.6 Å². The molecule has 2 saturated carbocycles. The van der Waals surface area contributed by atoms with Crippen molar-refractivity contribution in [1.82, 2.24) is 9.97 Å². The van der Waals surface area contributed by atoms with Crippen molar-refractivity contribution in [3.63, 3.8) is 0 Å². The quantitative estimate of drug-likeness (QED) is 0.461. The van der Waals surface area contributed by atoms with E-state index < -0.39 is 5.60 Å². The van der Waals surface area contributed by atoms with E-state index in [1.807, 2.05) is 18.3 Å². The monoisotopic (exact) mass is 484 g/mol. The molecule has 5 rings (SSSR count). The third kappa shape index (κ3) is 5.34. The van der Waals surface area contributed by atoms with Crippen LogP contribution in [0.3, 0.4) is 0 Å². The van der Waals surface area contributed by atoms with E-state index in [-0.39, 0.29) is 17.5 Å². The highest BCUT2D eigenvalue weighted by Crippen LogP contribution is 2.54. The molecule has 2 fully saturated rings. The average molecular weight is 485 g/mol. The van der Waals surface area contributed by atoms with Crippen LogP contribution in [0.4, 0.5) is 4.39 Å². The minimum Gasteiger partial charge on any atom is -0.378 e. The van der Waals surface area contributed by atoms with Crippen LogP contribution in [0.5, 0.6) is 0 Å². The van der Waals surface area contributed by atoms with Crippen LogP contribution in [0.25, 0.3) is 10.9 Å². The zero-order chi connectivity index (χ0) is 25.4. The first-order valence-electron chi connectivity index (χ1n) is 12.9. The first kappa shape index (κ1) is 24.6. The predicted molar refractivity (Wildman–Crippen MR) is 139 cm³/mol. The predicted octanol–water partition coefficient (Wildman–Crippen LogP) is 5.86. The van der Waals surface area contributed by atoms with E-state index in [4.69, 9.17) is 0 Å². The van der Waals surface area contributed by atoms with Gasteiger partial charge in [-0.05, 0) is 105 Å². The van der Waals surface area contributed by atoms with Crippen LogP contribution in [0.2, 0.25) is 0 Å². The van der Waals surface area contributed by atoms with E-state index >= 15 is 0 Å². The number of fused-ring (bicyclic) bond motifs is 2. The smallest absolute Gasteiger partial charge is 0.141 e. The molecular weight excluding hydrogens is 451 g/mol. The van der Waals surface area contributed by atoms with Crippen LogP contribution in [-0.2, 0) is 11.2 Å². The van der Waals surface area contributed by atoms with E-state index in [9.17, 15) is 14.3 Å². The van der Waals surface area contributed by atoms with Gasteiger partial charge in [0.15, 0.2) is 0 Å². The third-order valence-corrected chi connectivity index (χ3v) is 8.14. The number of nitrogens with zero attached hydrogens (tertiary/aromatic N) is 2. The number of aliphatic hydroxyl groups is 1. The third-order valence-electron chi connectivity index (χ3n) is 8.14. The number of hydrogen-bond donors (Lipinski definition) is 1. The van der Waals surface area contributed by atoms with Gasteiger partial charge in [0.1, 0.15) is 17.2 Å². The minimum atomic E-state index is -1.05. The number of halogens is 1. The second-order valence-electron chi connectivity index (χ2n) is 11.3. The molecule has 1 aromatic carbocycles. The maximum atomic E-state index is 13.9. The zero-order valence-electron chi connectivity index (χ0n) is 21.2. The van der Waals surface area contributed by atoms with Crippen LogP contribution in [-0.4, -0.2) is 26.5 Å². The Labute approximate surface area is 212 Å². The van der Waals surface area contributed by atoms with Crippen molar-refractivity contribution in [1.29, 1.82) is 0 Å². The molecule has 0 saturated heterocycles. The van der Waals surface area contributed by atoms with Gasteiger partial charge < -0.3 is 5.11 Å². The molecule has 3 unspecified atom stereocenters. The van der Waals surface area contributed by atoms with Gasteiger partial charge in [0.2, 0.25) is 0 Å². The molecule has 0 bridgehead atoms. The number of rotatable bonds is 5. The Hall–Kier alpha value is -3.10. The first-order valence-corrected chi connectivity index (χ1v) is 12.9. The Morgan fingerprint density at radius 3 is 2.53 bits per heavy atom. The summed E-state index contributed by atoms with van der Waals surface area (Å²) in [7, 11) is 0. The summed E-state index contributed by atoms with van der Waals surface area (Å²) in [6.07, 6.45) is 8.23. The summed E-state index contributed by atoms with van der Waals surface area (Å²) in [5.41, 5.74) is 2.51. The molecule has 36 heavy (non-hydrogen) atoms. The fourth-order valence-electron chi connectivity index (χ4n) is 6.25. The number of carbonyl (C=O) groups is 1. The molecular formula is C31H33FN2O2. The van der Waals surface area contributed by atoms with Gasteiger partial charge in [0, 0.05) is 41.4 Å². The minimum absolute atomic E-state index is 0.0151. The normalized spacial score (nSPS) is 24.2. The van der Waals surface area contributed by atoms with E-state index in [2.05, 4.69) is 34.8 Å². The molecule has 5 atom stereocenters. The lowest BCUT2D eigenvalue weighted by atomic mass is 9.83. The molecule has 2 aliphatic carbocycles. The highest BCUT2D eigenvalue weighted by Gasteiger charge is 2.44. The lowest BCUT2D eigenvalue weighted by molar-refractivity contribution is -0.123. The number of hydrogen-bond acceptors (Lipinski definition) is 4. The van der Waals surface area contributed by atoms with E-state index in [0.29, 0.717) is 30.1 Å². The van der Waals surface area contributed by atoms with Crippen LogP contribution in [0, 0.1) is 41.3 Å². The average Bonchev–Trinajstić information content (AvgIpc) is 3.42. The van der Waals surface area contributed by atoms with Gasteiger partial charge in [0.25, 0.3) is 0 Å². The summed E-state index contributed by atoms with van der Waals surface area (Å²) in [6.45, 7) is 5.36. The Bertz CT molecular complexity index is 1320. The second kappa shape index (κ2) is 9.75. The molecule has 0 aliphatic heterocycles. The van der Waals surface area contributed by atoms with E-state index in [0.717, 1.165) is 47.8 Å². The maximum absolute atomic E-state index is 13.9. The van der Waals surface area contributed by atoms with Gasteiger partial charge in [-0.2, -0.15) is 0 Å². The van der Waals surface area contributed by atoms with Crippen molar-refractivity contribution in [3.05, 3.63) is 71.4 Å². The Morgan fingerprint density at radius 2 is 1.86 bits per heavy atom. The number of benzene rings is 1. The molecule has 0 amide bonds. The lowest BCUT2D eigenvalue weighted by Crippen LogP contribution is -2.22. The van der Waals surface area contributed by atoms with Crippen molar-refractivity contribution in [2.45, 2.75) is 64.4 Å². The topological polar surface area (TPSA) is 63.1 Å². The summed E-state index contributed by atoms with van der Waals surface area (Å²) >= 11 is 0. The molecule has 4 nitrogen and oxygen atoms in total. The molecule has 5 heteroatoms. The Kier molecular flexibility index (Phi) is 6.66. The molecule has 1 N–H and O–H groups in total. The Morgan fingerprint density at radius 1 is 1.11 bits per heavy atom. The number of Topliss-reactive ketones (excluding diaryl/α,β-unsaturated/α-hetero) is 1. The highest BCUT2D eigenvalue weighted by atomic mass is 19.1. The summed E-state index contributed by atoms with van der Waals surface area (Å²) in [5, 5.41) is 10.7. The second-order valence-corrected chi connectivity index (χ2v) is 11.3. The summed E-state index contributed by atoms with van der Waals surface area (Å²) in [5.74, 6) is 7.83. The Balaban J connectivity index is 1.19. The zero-order valence-corrected chi connectivity index (χ0v) is 21.2. The van der Waals surface area contributed by atoms with Crippen molar-refractivity contribution in [3.8, 4) is 11.8 Å². The number of carbonyl (C=O) groups excluding carboxylic acids is 1. The molecule has 2 heterocycles. The molecule has 0 radical (unpaired) electrons. The fourth-order valence-corrected chi connectivity index (χ4v) is 6.25. The molecule has 2 aromatic heterocycles. The molecule has 186 valence electrons. The number of aromatic nitrogens is 2. The summed E-state index contributed by atoms with van der Waals surface area (Å²) in [6, 6.07) is 10.6. The SMILES string of the molecule is CC(C(=O)Cc1ccc(C#CC(C)(C)O)cn1)C1C[C@H]2CC(c3ccnc4ccc(F)cc34)C[C@H]2C1. The van der Waals surface area contributed by atoms with E-state index in [1.54, 1.807) is 32.2 Å². The molecule has 0 spiro atoms. The number of ketones is 1. The maximum Gasteiger partial charge on any atom is 0.141 e. The highest BCUT2D eigenvalue weighted by molar-refractivity contribution is 5.83. The van der Waals surface area contributed by atoms with Gasteiger partial charge in [-0.1, -0.05) is 18.8 Å². The van der Waals surface area contributed by atoms with Crippen LogP contribution in [0.15, 0.2) is 48.8 Å². The lowest BCUT2D eigenvalue weighted by Gasteiger charge is -2.21. The van der Waals surface area contributed by atoms with Gasteiger partial charge in [0.05, 0.1) is 5.52 Å². The van der Waals surface area contributed by atoms with Gasteiger partial charge in [-0.25, -0.2) is 4.39 Å². The van der Waals surface area contributed by atoms with Crippen molar-refractivity contribution < 1.29 is 14.3 Å². The van der Waals surface area contributed by atoms with Gasteiger partial charge >= 0.3 is 0 Å². The summed E-state index contributed by atoms with van der Waals surface area (Å²) < 4.78 is 13.9. The van der Waals surface area contributed by atoms with Crippen molar-refractivity contribution in [2.75, 3.05) is 0 Å². The first-order chi connectivity index (χ1) is 17.2.